The van der Waals surface area contributed by atoms with Gasteiger partial charge in [0, 0.05) is 9.99 Å². The predicted octanol–water partition coefficient (Wildman–Crippen LogP) is 3.37. The van der Waals surface area contributed by atoms with Crippen molar-refractivity contribution in [2.75, 3.05) is 0 Å². The summed E-state index contributed by atoms with van der Waals surface area (Å²) in [6, 6.07) is 7.44. The average molecular weight is 403 g/mol. The van der Waals surface area contributed by atoms with Crippen molar-refractivity contribution in [3.63, 3.8) is 0 Å². The van der Waals surface area contributed by atoms with Crippen LogP contribution in [0.4, 0.5) is 0 Å². The first-order valence-corrected chi connectivity index (χ1v) is 8.37. The molecule has 0 saturated heterocycles. The summed E-state index contributed by atoms with van der Waals surface area (Å²) in [7, 11) is 0. The van der Waals surface area contributed by atoms with Crippen LogP contribution in [-0.2, 0) is 16.0 Å². The average Bonchev–Trinajstić information content (AvgIpc) is 2.45. The molecule has 0 aliphatic carbocycles. The van der Waals surface area contributed by atoms with E-state index in [2.05, 4.69) is 40.0 Å². The van der Waals surface area contributed by atoms with Crippen molar-refractivity contribution in [3.8, 4) is 0 Å². The van der Waals surface area contributed by atoms with E-state index < -0.39 is 12.0 Å². The molecule has 0 aliphatic heterocycles. The van der Waals surface area contributed by atoms with E-state index in [4.69, 9.17) is 5.11 Å². The summed E-state index contributed by atoms with van der Waals surface area (Å²) in [5.41, 5.74) is 1.20. The van der Waals surface area contributed by atoms with E-state index in [0.29, 0.717) is 12.8 Å². The summed E-state index contributed by atoms with van der Waals surface area (Å²) in [6.45, 7) is 2.00. The number of aliphatic carboxylic acids is 1. The van der Waals surface area contributed by atoms with Gasteiger partial charge in [0.05, 0.1) is 0 Å². The normalized spacial score (nSPS) is 11.9. The zero-order valence-corrected chi connectivity index (χ0v) is 14.4. The van der Waals surface area contributed by atoms with E-state index in [1.807, 2.05) is 19.1 Å². The minimum atomic E-state index is -0.950. The molecule has 1 atom stereocenters. The maximum atomic E-state index is 11.8. The first kappa shape index (κ1) is 17.9. The second-order valence-corrected chi connectivity index (χ2v) is 6.33. The van der Waals surface area contributed by atoms with Crippen LogP contribution in [-0.4, -0.2) is 23.0 Å². The third-order valence-corrected chi connectivity index (χ3v) is 3.98. The lowest BCUT2D eigenvalue weighted by atomic mass is 10.1. The van der Waals surface area contributed by atoms with Gasteiger partial charge in [-0.3, -0.25) is 4.79 Å². The van der Waals surface area contributed by atoms with Gasteiger partial charge < -0.3 is 10.4 Å². The topological polar surface area (TPSA) is 66.4 Å². The number of halogens is 1. The second-order valence-electron chi connectivity index (χ2n) is 5.08. The summed E-state index contributed by atoms with van der Waals surface area (Å²) < 4.78 is 1.19. The highest BCUT2D eigenvalue weighted by Gasteiger charge is 2.18. The number of carbonyl (C=O) groups excluding carboxylic acids is 1. The van der Waals surface area contributed by atoms with Crippen LogP contribution in [0.25, 0.3) is 0 Å². The van der Waals surface area contributed by atoms with E-state index in [-0.39, 0.29) is 5.91 Å². The van der Waals surface area contributed by atoms with Crippen LogP contribution in [0, 0.1) is 3.57 Å². The van der Waals surface area contributed by atoms with E-state index in [1.165, 1.54) is 9.13 Å². The summed E-state index contributed by atoms with van der Waals surface area (Å²) >= 11 is 2.26. The van der Waals surface area contributed by atoms with Crippen LogP contribution in [0.15, 0.2) is 24.3 Å². The number of carboxylic acids is 1. The third-order valence-electron chi connectivity index (χ3n) is 3.26. The summed E-state index contributed by atoms with van der Waals surface area (Å²) in [5.74, 6) is -1.13. The van der Waals surface area contributed by atoms with Crippen molar-refractivity contribution in [3.05, 3.63) is 33.4 Å². The molecule has 21 heavy (non-hydrogen) atoms. The lowest BCUT2D eigenvalue weighted by molar-refractivity contribution is -0.142. The Hall–Kier alpha value is -1.11. The molecule has 5 heteroatoms. The number of nitrogens with one attached hydrogen (secondary N) is 1. The molecule has 1 aromatic rings. The third kappa shape index (κ3) is 7.45. The highest BCUT2D eigenvalue weighted by Crippen LogP contribution is 2.10. The molecule has 116 valence electrons. The van der Waals surface area contributed by atoms with Crippen LogP contribution in [0.3, 0.4) is 0 Å². The number of benzene rings is 1. The van der Waals surface area contributed by atoms with Gasteiger partial charge >= 0.3 is 5.97 Å². The van der Waals surface area contributed by atoms with Gasteiger partial charge in [0.2, 0.25) is 5.91 Å². The van der Waals surface area contributed by atoms with Crippen LogP contribution < -0.4 is 5.32 Å². The van der Waals surface area contributed by atoms with Gasteiger partial charge in [0.25, 0.3) is 0 Å². The van der Waals surface area contributed by atoms with E-state index in [1.54, 1.807) is 0 Å². The van der Waals surface area contributed by atoms with Gasteiger partial charge in [0.1, 0.15) is 6.04 Å². The standard InChI is InChI=1S/C16H22INO3/c1-2-3-6-14(16(20)21)18-15(19)7-4-5-12-8-10-13(17)11-9-12/h8-11,14H,2-7H2,1H3,(H,18,19)(H,20,21)/t14-/m1/s1. The Morgan fingerprint density at radius 3 is 2.48 bits per heavy atom. The molecule has 0 unspecified atom stereocenters. The fraction of sp³-hybridized carbons (Fsp3) is 0.500. The number of amides is 1. The molecule has 0 aliphatic rings. The van der Waals surface area contributed by atoms with Crippen LogP contribution >= 0.6 is 22.6 Å². The zero-order valence-electron chi connectivity index (χ0n) is 12.3. The Labute approximate surface area is 139 Å². The van der Waals surface area contributed by atoms with E-state index in [0.717, 1.165) is 25.7 Å². The molecule has 0 fully saturated rings. The first-order chi connectivity index (χ1) is 10.0. The molecule has 1 amide bonds. The lowest BCUT2D eigenvalue weighted by Crippen LogP contribution is -2.40. The largest absolute Gasteiger partial charge is 0.480 e. The molecule has 1 aromatic carbocycles. The maximum absolute atomic E-state index is 11.8. The summed E-state index contributed by atoms with van der Waals surface area (Å²) in [5, 5.41) is 11.7. The van der Waals surface area contributed by atoms with Gasteiger partial charge in [-0.05, 0) is 59.5 Å². The second kappa shape index (κ2) is 9.76. The molecule has 1 rings (SSSR count). The van der Waals surface area contributed by atoms with Crippen molar-refractivity contribution < 1.29 is 14.7 Å². The molecule has 0 radical (unpaired) electrons. The minimum Gasteiger partial charge on any atom is -0.480 e. The lowest BCUT2D eigenvalue weighted by Gasteiger charge is -2.14. The number of hydrogen-bond acceptors (Lipinski definition) is 2. The molecule has 0 saturated carbocycles. The number of hydrogen-bond donors (Lipinski definition) is 2. The highest BCUT2D eigenvalue weighted by molar-refractivity contribution is 14.1. The van der Waals surface area contributed by atoms with E-state index in [9.17, 15) is 9.59 Å². The molecular weight excluding hydrogens is 381 g/mol. The fourth-order valence-corrected chi connectivity index (χ4v) is 2.40. The van der Waals surface area contributed by atoms with E-state index >= 15 is 0 Å². The number of carboxylic acid groups (broad SMARTS) is 1. The highest BCUT2D eigenvalue weighted by atomic mass is 127. The monoisotopic (exact) mass is 403 g/mol. The van der Waals surface area contributed by atoms with Crippen molar-refractivity contribution >= 4 is 34.5 Å². The number of rotatable bonds is 9. The molecule has 0 spiro atoms. The van der Waals surface area contributed by atoms with Crippen molar-refractivity contribution in [2.24, 2.45) is 0 Å². The Balaban J connectivity index is 2.32. The summed E-state index contributed by atoms with van der Waals surface area (Å²) in [6.07, 6.45) is 4.15. The SMILES string of the molecule is CCCC[C@@H](NC(=O)CCCc1ccc(I)cc1)C(=O)O. The van der Waals surface area contributed by atoms with Crippen molar-refractivity contribution in [2.45, 2.75) is 51.5 Å². The number of carbonyl (C=O) groups is 2. The molecule has 4 nitrogen and oxygen atoms in total. The molecule has 0 aromatic heterocycles. The minimum absolute atomic E-state index is 0.177. The Morgan fingerprint density at radius 1 is 1.24 bits per heavy atom. The van der Waals surface area contributed by atoms with Crippen LogP contribution in [0.5, 0.6) is 0 Å². The number of aryl methyl sites for hydroxylation is 1. The molecule has 0 heterocycles. The van der Waals surface area contributed by atoms with Crippen LogP contribution in [0.2, 0.25) is 0 Å². The quantitative estimate of drug-likeness (QED) is 0.622. The number of unbranched alkanes of at least 4 members (excludes halogenated alkanes) is 1. The smallest absolute Gasteiger partial charge is 0.326 e. The van der Waals surface area contributed by atoms with Gasteiger partial charge in [-0.25, -0.2) is 4.79 Å². The van der Waals surface area contributed by atoms with Crippen molar-refractivity contribution in [1.82, 2.24) is 5.32 Å². The molecule has 2 N–H and O–H groups in total. The van der Waals surface area contributed by atoms with Gasteiger partial charge in [-0.15, -0.1) is 0 Å². The maximum Gasteiger partial charge on any atom is 0.326 e. The zero-order chi connectivity index (χ0) is 15.7. The Kier molecular flexibility index (Phi) is 8.34. The van der Waals surface area contributed by atoms with Crippen molar-refractivity contribution in [1.29, 1.82) is 0 Å². The Bertz CT molecular complexity index is 459. The molecular formula is C16H22INO3. The fourth-order valence-electron chi connectivity index (χ4n) is 2.04. The first-order valence-electron chi connectivity index (χ1n) is 7.29. The van der Waals surface area contributed by atoms with Crippen LogP contribution in [0.1, 0.15) is 44.6 Å². The summed E-state index contributed by atoms with van der Waals surface area (Å²) in [4.78, 5) is 22.8. The predicted molar refractivity (Wildman–Crippen MR) is 91.2 cm³/mol. The van der Waals surface area contributed by atoms with Gasteiger partial charge in [-0.1, -0.05) is 31.9 Å². The molecule has 0 bridgehead atoms. The van der Waals surface area contributed by atoms with Gasteiger partial charge in [0.15, 0.2) is 0 Å². The van der Waals surface area contributed by atoms with Gasteiger partial charge in [-0.2, -0.15) is 0 Å². The Morgan fingerprint density at radius 2 is 1.90 bits per heavy atom.